The van der Waals surface area contributed by atoms with Crippen molar-refractivity contribution in [3.05, 3.63) is 12.3 Å². The van der Waals surface area contributed by atoms with E-state index in [0.29, 0.717) is 11.8 Å². The van der Waals surface area contributed by atoms with E-state index in [0.717, 1.165) is 25.4 Å². The van der Waals surface area contributed by atoms with Crippen LogP contribution >= 0.6 is 0 Å². The molecule has 3 nitrogen and oxygen atoms in total. The first-order valence-electron chi connectivity index (χ1n) is 7.63. The van der Waals surface area contributed by atoms with Gasteiger partial charge in [0.05, 0.1) is 0 Å². The van der Waals surface area contributed by atoms with Gasteiger partial charge in [-0.15, -0.1) is 0 Å². The molecule has 1 amide bonds. The fraction of sp³-hybridized carbons (Fsp3) is 0.812. The predicted molar refractivity (Wildman–Crippen MR) is 82.8 cm³/mol. The van der Waals surface area contributed by atoms with Crippen molar-refractivity contribution in [2.24, 2.45) is 23.7 Å². The van der Waals surface area contributed by atoms with Gasteiger partial charge in [-0.05, 0) is 31.1 Å². The smallest absolute Gasteiger partial charge is 0.223 e. The van der Waals surface area contributed by atoms with Gasteiger partial charge in [0, 0.05) is 32.0 Å². The zero-order valence-corrected chi connectivity index (χ0v) is 13.0. The van der Waals surface area contributed by atoms with E-state index in [2.05, 4.69) is 44.9 Å². The summed E-state index contributed by atoms with van der Waals surface area (Å²) >= 11 is 0. The summed E-state index contributed by atoms with van der Waals surface area (Å²) in [6.07, 6.45) is 3.65. The molecule has 2 N–H and O–H groups in total. The van der Waals surface area contributed by atoms with Crippen LogP contribution in [0.25, 0.3) is 0 Å². The van der Waals surface area contributed by atoms with E-state index >= 15 is 0 Å². The molecule has 2 heterocycles. The molecule has 19 heavy (non-hydrogen) atoms. The Bertz CT molecular complexity index is 316. The number of rotatable bonds is 2. The molecule has 0 aromatic heterocycles. The minimum absolute atomic E-state index is 0. The monoisotopic (exact) mass is 268 g/mol. The predicted octanol–water partition coefficient (Wildman–Crippen LogP) is 3.18. The number of piperidine rings is 1. The quantitative estimate of drug-likeness (QED) is 0.807. The molecule has 0 aliphatic carbocycles. The van der Waals surface area contributed by atoms with Crippen molar-refractivity contribution >= 4 is 5.91 Å². The van der Waals surface area contributed by atoms with E-state index in [4.69, 9.17) is 0 Å². The van der Waals surface area contributed by atoms with Gasteiger partial charge in [0.15, 0.2) is 0 Å². The zero-order valence-electron chi connectivity index (χ0n) is 13.0. The molecule has 2 saturated heterocycles. The molecule has 2 fully saturated rings. The highest BCUT2D eigenvalue weighted by atomic mass is 16.2. The highest BCUT2D eigenvalue weighted by Crippen LogP contribution is 2.25. The number of hydrogen-bond acceptors (Lipinski definition) is 2. The van der Waals surface area contributed by atoms with Gasteiger partial charge < -0.3 is 10.6 Å². The van der Waals surface area contributed by atoms with Crippen molar-refractivity contribution in [3.63, 3.8) is 0 Å². The molecule has 2 aliphatic heterocycles. The third kappa shape index (κ3) is 4.88. The highest BCUT2D eigenvalue weighted by Gasteiger charge is 2.26. The van der Waals surface area contributed by atoms with E-state index in [1.54, 1.807) is 0 Å². The summed E-state index contributed by atoms with van der Waals surface area (Å²) in [5, 5.41) is 6.13. The molecule has 0 aromatic carbocycles. The second kappa shape index (κ2) is 7.56. The summed E-state index contributed by atoms with van der Waals surface area (Å²) in [5.41, 5.74) is 1.25. The average molecular weight is 268 g/mol. The van der Waals surface area contributed by atoms with Crippen LogP contribution in [0.2, 0.25) is 0 Å². The number of carbonyl (C=O) groups is 1. The lowest BCUT2D eigenvalue weighted by molar-refractivity contribution is -0.123. The van der Waals surface area contributed by atoms with Crippen LogP contribution in [0.4, 0.5) is 0 Å². The van der Waals surface area contributed by atoms with Gasteiger partial charge in [-0.2, -0.15) is 0 Å². The molecule has 3 heteroatoms. The fourth-order valence-corrected chi connectivity index (χ4v) is 2.86. The summed E-state index contributed by atoms with van der Waals surface area (Å²) in [6, 6.07) is 0. The molecular formula is C16H32N2O. The lowest BCUT2D eigenvalue weighted by Crippen LogP contribution is -2.29. The summed E-state index contributed by atoms with van der Waals surface area (Å²) in [4.78, 5) is 10.9. The Kier molecular flexibility index (Phi) is 6.40. The van der Waals surface area contributed by atoms with Crippen molar-refractivity contribution in [2.75, 3.05) is 13.1 Å². The minimum Gasteiger partial charge on any atom is -0.389 e. The number of hydrogen-bond donors (Lipinski definition) is 2. The second-order valence-corrected chi connectivity index (χ2v) is 6.37. The van der Waals surface area contributed by atoms with Gasteiger partial charge >= 0.3 is 0 Å². The first-order valence-corrected chi connectivity index (χ1v) is 7.63. The van der Waals surface area contributed by atoms with Crippen molar-refractivity contribution < 1.29 is 6.22 Å². The van der Waals surface area contributed by atoms with E-state index in [1.165, 1.54) is 18.5 Å². The van der Waals surface area contributed by atoms with Crippen molar-refractivity contribution in [1.82, 2.24) is 10.6 Å². The van der Waals surface area contributed by atoms with Gasteiger partial charge in [-0.3, -0.25) is 4.79 Å². The summed E-state index contributed by atoms with van der Waals surface area (Å²) in [7, 11) is 0. The second-order valence-electron chi connectivity index (χ2n) is 6.37. The van der Waals surface area contributed by atoms with E-state index in [1.807, 2.05) is 0 Å². The molecular weight excluding hydrogens is 236 g/mol. The van der Waals surface area contributed by atoms with E-state index in [-0.39, 0.29) is 13.3 Å². The number of nitrogens with one attached hydrogen (secondary N) is 2. The Morgan fingerprint density at radius 3 is 2.00 bits per heavy atom. The topological polar surface area (TPSA) is 41.1 Å². The molecule has 2 atom stereocenters. The van der Waals surface area contributed by atoms with Crippen LogP contribution in [-0.4, -0.2) is 19.0 Å². The van der Waals surface area contributed by atoms with Crippen LogP contribution in [0.5, 0.6) is 0 Å². The average Bonchev–Trinajstić information content (AvgIpc) is 2.76. The molecule has 0 spiro atoms. The maximum Gasteiger partial charge on any atom is 0.223 e. The van der Waals surface area contributed by atoms with Crippen LogP contribution in [0, 0.1) is 23.7 Å². The lowest BCUT2D eigenvalue weighted by Gasteiger charge is -2.28. The fourth-order valence-electron chi connectivity index (χ4n) is 2.86. The third-order valence-electron chi connectivity index (χ3n) is 4.19. The Morgan fingerprint density at radius 2 is 1.68 bits per heavy atom. The van der Waals surface area contributed by atoms with Crippen molar-refractivity contribution in [3.8, 4) is 0 Å². The van der Waals surface area contributed by atoms with Crippen LogP contribution in [0.1, 0.15) is 48.4 Å². The third-order valence-corrected chi connectivity index (χ3v) is 4.19. The Balaban J connectivity index is 0.000000345. The first kappa shape index (κ1) is 16.1. The first-order chi connectivity index (χ1) is 8.93. The van der Waals surface area contributed by atoms with Crippen LogP contribution < -0.4 is 10.6 Å². The minimum atomic E-state index is 0. The molecule has 0 bridgehead atoms. The molecule has 0 saturated carbocycles. The molecule has 2 rings (SSSR count). The number of carbonyl (C=O) groups excluding carboxylic acids is 1. The molecule has 2 unspecified atom stereocenters. The summed E-state index contributed by atoms with van der Waals surface area (Å²) < 4.78 is 0. The highest BCUT2D eigenvalue weighted by molar-refractivity contribution is 5.80. The van der Waals surface area contributed by atoms with Crippen LogP contribution in [0.3, 0.4) is 0 Å². The maximum atomic E-state index is 10.9. The normalized spacial score (nSPS) is 26.8. The molecule has 2 aliphatic rings. The molecule has 0 radical (unpaired) electrons. The molecule has 112 valence electrons. The van der Waals surface area contributed by atoms with E-state index in [9.17, 15) is 4.79 Å². The standard InChI is InChI=1S/C9H17N.C7H13NO.H2/c1-7(2)9-5-4-6-10-8(9)3;1-5(2)6-3-4-8-7(6)9;/h7,9-10H,3-6H2,1-2H3;5-6H,3-4H2,1-2H3,(H,8,9);1H. The van der Waals surface area contributed by atoms with Gasteiger partial charge in [-0.25, -0.2) is 0 Å². The van der Waals surface area contributed by atoms with Gasteiger partial charge in [0.1, 0.15) is 0 Å². The number of allylic oxidation sites excluding steroid dienone is 1. The Morgan fingerprint density at radius 1 is 1.05 bits per heavy atom. The maximum absolute atomic E-state index is 10.9. The zero-order chi connectivity index (χ0) is 14.4. The Hall–Kier alpha value is -0.990. The largest absolute Gasteiger partial charge is 0.389 e. The van der Waals surface area contributed by atoms with Gasteiger partial charge in [0.2, 0.25) is 5.91 Å². The number of amides is 1. The molecule has 0 aromatic rings. The van der Waals surface area contributed by atoms with Crippen LogP contribution in [-0.2, 0) is 4.79 Å². The summed E-state index contributed by atoms with van der Waals surface area (Å²) in [5.74, 6) is 2.50. The van der Waals surface area contributed by atoms with Gasteiger partial charge in [-0.1, -0.05) is 34.3 Å². The SMILES string of the molecule is C=C1NCCCC1C(C)C.CC(C)C1CCNC1=O.[HH]. The Labute approximate surface area is 119 Å². The lowest BCUT2D eigenvalue weighted by atomic mass is 9.86. The van der Waals surface area contributed by atoms with E-state index < -0.39 is 0 Å². The van der Waals surface area contributed by atoms with Crippen LogP contribution in [0.15, 0.2) is 12.3 Å². The van der Waals surface area contributed by atoms with Crippen molar-refractivity contribution in [2.45, 2.75) is 47.0 Å². The van der Waals surface area contributed by atoms with Gasteiger partial charge in [0.25, 0.3) is 0 Å². The van der Waals surface area contributed by atoms with Crippen molar-refractivity contribution in [1.29, 1.82) is 0 Å². The summed E-state index contributed by atoms with van der Waals surface area (Å²) in [6.45, 7) is 14.7.